The van der Waals surface area contributed by atoms with Gasteiger partial charge in [-0.25, -0.2) is 9.07 Å². The van der Waals surface area contributed by atoms with Crippen LogP contribution in [0.2, 0.25) is 0 Å². The van der Waals surface area contributed by atoms with Gasteiger partial charge in [0.2, 0.25) is 5.95 Å². The molecule has 0 aliphatic carbocycles. The Morgan fingerprint density at radius 2 is 1.93 bits per heavy atom. The average molecular weight is 402 g/mol. The Morgan fingerprint density at radius 1 is 1.14 bits per heavy atom. The second-order valence-electron chi connectivity index (χ2n) is 6.20. The summed E-state index contributed by atoms with van der Waals surface area (Å²) < 4.78 is 50.3. The molecule has 2 aromatic carbocycles. The molecule has 4 rings (SSSR count). The third kappa shape index (κ3) is 3.89. The number of ether oxygens (including phenoxy) is 2. The molecule has 150 valence electrons. The van der Waals surface area contributed by atoms with E-state index in [9.17, 15) is 13.2 Å². The Hall–Kier alpha value is -3.49. The number of fused-ring (bicyclic) bond motifs is 1. The molecule has 0 amide bonds. The summed E-state index contributed by atoms with van der Waals surface area (Å²) in [6.45, 7) is -0.905. The van der Waals surface area contributed by atoms with Crippen LogP contribution >= 0.6 is 0 Å². The molecular weight excluding hydrogens is 385 g/mol. The maximum Gasteiger partial charge on any atom is 0.387 e. The fourth-order valence-electron chi connectivity index (χ4n) is 3.14. The molecule has 1 aliphatic rings. The van der Waals surface area contributed by atoms with Gasteiger partial charge < -0.3 is 14.8 Å². The molecule has 1 atom stereocenters. The minimum absolute atomic E-state index is 0.0407. The van der Waals surface area contributed by atoms with Crippen LogP contribution in [0.3, 0.4) is 0 Å². The number of anilines is 1. The van der Waals surface area contributed by atoms with Gasteiger partial charge in [0, 0.05) is 5.70 Å². The molecule has 2 heterocycles. The van der Waals surface area contributed by atoms with Gasteiger partial charge >= 0.3 is 6.61 Å². The molecule has 1 N–H and O–H groups in total. The second-order valence-corrected chi connectivity index (χ2v) is 6.20. The Bertz CT molecular complexity index is 1030. The SMILES string of the molecule is CCOc1cc(C2C=C(c3ccc(F)cc3)Nc3ncnn32)ccc1OC(F)F. The number of halogens is 3. The monoisotopic (exact) mass is 402 g/mol. The van der Waals surface area contributed by atoms with Crippen molar-refractivity contribution in [1.29, 1.82) is 0 Å². The second kappa shape index (κ2) is 7.86. The lowest BCUT2D eigenvalue weighted by Gasteiger charge is -2.25. The average Bonchev–Trinajstić information content (AvgIpc) is 3.18. The molecule has 0 saturated heterocycles. The van der Waals surface area contributed by atoms with E-state index in [4.69, 9.17) is 4.74 Å². The van der Waals surface area contributed by atoms with E-state index < -0.39 is 6.61 Å². The number of alkyl halides is 2. The van der Waals surface area contributed by atoms with E-state index in [1.54, 1.807) is 35.9 Å². The number of nitrogens with one attached hydrogen (secondary N) is 1. The van der Waals surface area contributed by atoms with E-state index >= 15 is 0 Å². The third-order valence-electron chi connectivity index (χ3n) is 4.39. The lowest BCUT2D eigenvalue weighted by Crippen LogP contribution is -2.20. The van der Waals surface area contributed by atoms with Gasteiger partial charge in [0.1, 0.15) is 18.2 Å². The van der Waals surface area contributed by atoms with Crippen LogP contribution in [0.15, 0.2) is 54.9 Å². The lowest BCUT2D eigenvalue weighted by atomic mass is 10.0. The van der Waals surface area contributed by atoms with Crippen molar-refractivity contribution in [2.24, 2.45) is 0 Å². The normalized spacial score (nSPS) is 15.5. The van der Waals surface area contributed by atoms with Crippen LogP contribution in [0, 0.1) is 5.82 Å². The molecular formula is C20H17F3N4O2. The van der Waals surface area contributed by atoms with Crippen LogP contribution in [0.1, 0.15) is 24.1 Å². The number of benzene rings is 2. The summed E-state index contributed by atoms with van der Waals surface area (Å²) in [6, 6.07) is 10.4. The molecule has 3 aromatic rings. The van der Waals surface area contributed by atoms with Crippen LogP contribution in [0.4, 0.5) is 19.1 Å². The molecule has 1 aliphatic heterocycles. The predicted molar refractivity (Wildman–Crippen MR) is 100 cm³/mol. The summed E-state index contributed by atoms with van der Waals surface area (Å²) >= 11 is 0. The first-order valence-corrected chi connectivity index (χ1v) is 8.91. The number of hydrogen-bond donors (Lipinski definition) is 1. The topological polar surface area (TPSA) is 61.2 Å². The maximum atomic E-state index is 13.3. The minimum Gasteiger partial charge on any atom is -0.490 e. The van der Waals surface area contributed by atoms with Gasteiger partial charge in [-0.2, -0.15) is 18.9 Å². The van der Waals surface area contributed by atoms with Crippen molar-refractivity contribution in [2.45, 2.75) is 19.6 Å². The summed E-state index contributed by atoms with van der Waals surface area (Å²) in [4.78, 5) is 4.21. The van der Waals surface area contributed by atoms with Crippen molar-refractivity contribution < 1.29 is 22.6 Å². The highest BCUT2D eigenvalue weighted by Gasteiger charge is 2.25. The fraction of sp³-hybridized carbons (Fsp3) is 0.200. The molecule has 0 spiro atoms. The Balaban J connectivity index is 1.76. The van der Waals surface area contributed by atoms with Crippen molar-refractivity contribution in [1.82, 2.24) is 14.8 Å². The highest BCUT2D eigenvalue weighted by Crippen LogP contribution is 2.37. The van der Waals surface area contributed by atoms with Gasteiger partial charge in [0.05, 0.1) is 6.61 Å². The van der Waals surface area contributed by atoms with Gasteiger partial charge in [0.15, 0.2) is 11.5 Å². The molecule has 0 bridgehead atoms. The molecule has 1 aromatic heterocycles. The Morgan fingerprint density at radius 3 is 2.66 bits per heavy atom. The zero-order chi connectivity index (χ0) is 20.4. The van der Waals surface area contributed by atoms with Crippen molar-refractivity contribution in [2.75, 3.05) is 11.9 Å². The van der Waals surface area contributed by atoms with E-state index in [-0.39, 0.29) is 23.4 Å². The van der Waals surface area contributed by atoms with Crippen LogP contribution in [0.5, 0.6) is 11.5 Å². The smallest absolute Gasteiger partial charge is 0.387 e. The Labute approximate surface area is 164 Å². The van der Waals surface area contributed by atoms with E-state index in [1.165, 1.54) is 24.5 Å². The summed E-state index contributed by atoms with van der Waals surface area (Å²) in [7, 11) is 0. The Kier molecular flexibility index (Phi) is 5.11. The minimum atomic E-state index is -2.95. The highest BCUT2D eigenvalue weighted by molar-refractivity contribution is 5.77. The van der Waals surface area contributed by atoms with Crippen molar-refractivity contribution in [3.8, 4) is 11.5 Å². The van der Waals surface area contributed by atoms with Crippen LogP contribution in [0.25, 0.3) is 5.70 Å². The number of nitrogens with zero attached hydrogens (tertiary/aromatic N) is 3. The van der Waals surface area contributed by atoms with Gasteiger partial charge in [-0.1, -0.05) is 6.07 Å². The number of hydrogen-bond acceptors (Lipinski definition) is 5. The quantitative estimate of drug-likeness (QED) is 0.659. The van der Waals surface area contributed by atoms with Crippen molar-refractivity contribution in [3.05, 3.63) is 71.8 Å². The van der Waals surface area contributed by atoms with Gasteiger partial charge in [0.25, 0.3) is 0 Å². The predicted octanol–water partition coefficient (Wildman–Crippen LogP) is 4.47. The summed E-state index contributed by atoms with van der Waals surface area (Å²) in [5.74, 6) is 0.340. The van der Waals surface area contributed by atoms with Crippen LogP contribution in [-0.4, -0.2) is 28.0 Å². The van der Waals surface area contributed by atoms with Gasteiger partial charge in [-0.15, -0.1) is 0 Å². The van der Waals surface area contributed by atoms with Crippen LogP contribution < -0.4 is 14.8 Å². The fourth-order valence-corrected chi connectivity index (χ4v) is 3.14. The summed E-state index contributed by atoms with van der Waals surface area (Å²) in [5, 5.41) is 7.41. The largest absolute Gasteiger partial charge is 0.490 e. The molecule has 0 fully saturated rings. The summed E-state index contributed by atoms with van der Waals surface area (Å²) in [6.07, 6.45) is 3.31. The first kappa shape index (κ1) is 18.9. The summed E-state index contributed by atoms with van der Waals surface area (Å²) in [5.41, 5.74) is 2.23. The standard InChI is InChI=1S/C20H17F3N4O2/c1-2-28-18-9-13(5-8-17(18)29-19(22)23)16-10-15(12-3-6-14(21)7-4-12)26-20-24-11-25-27(16)20/h3-11,16,19H,2H2,1H3,(H,24,25,26). The third-order valence-corrected chi connectivity index (χ3v) is 4.39. The molecule has 9 heteroatoms. The van der Waals surface area contributed by atoms with Gasteiger partial charge in [-0.05, 0) is 60.5 Å². The van der Waals surface area contributed by atoms with E-state index in [0.717, 1.165) is 16.8 Å². The van der Waals surface area contributed by atoms with Crippen LogP contribution in [-0.2, 0) is 0 Å². The molecule has 0 saturated carbocycles. The molecule has 6 nitrogen and oxygen atoms in total. The lowest BCUT2D eigenvalue weighted by molar-refractivity contribution is -0.0514. The van der Waals surface area contributed by atoms with Gasteiger partial charge in [-0.3, -0.25) is 0 Å². The van der Waals surface area contributed by atoms with Crippen molar-refractivity contribution in [3.63, 3.8) is 0 Å². The first-order chi connectivity index (χ1) is 14.0. The number of aromatic nitrogens is 3. The maximum absolute atomic E-state index is 13.3. The first-order valence-electron chi connectivity index (χ1n) is 8.91. The zero-order valence-corrected chi connectivity index (χ0v) is 15.3. The zero-order valence-electron chi connectivity index (χ0n) is 15.3. The van der Waals surface area contributed by atoms with E-state index in [2.05, 4.69) is 20.1 Å². The van der Waals surface area contributed by atoms with E-state index in [0.29, 0.717) is 12.6 Å². The number of rotatable bonds is 6. The van der Waals surface area contributed by atoms with Crippen molar-refractivity contribution >= 4 is 11.6 Å². The molecule has 1 unspecified atom stereocenters. The molecule has 29 heavy (non-hydrogen) atoms. The van der Waals surface area contributed by atoms with E-state index in [1.807, 2.05) is 6.08 Å². The highest BCUT2D eigenvalue weighted by atomic mass is 19.3. The molecule has 0 radical (unpaired) electrons. The number of allylic oxidation sites excluding steroid dienone is 1.